The molecular formula is C25H23N3O3S2. The van der Waals surface area contributed by atoms with E-state index in [1.807, 2.05) is 30.3 Å². The number of aryl methyl sites for hydroxylation is 2. The summed E-state index contributed by atoms with van der Waals surface area (Å²) < 4.78 is 5.10. The zero-order chi connectivity index (χ0) is 23.3. The third-order valence-corrected chi connectivity index (χ3v) is 8.20. The number of nitrogens with two attached hydrogens (primary N) is 1. The third kappa shape index (κ3) is 3.59. The Morgan fingerprint density at radius 1 is 1.12 bits per heavy atom. The van der Waals surface area contributed by atoms with Gasteiger partial charge in [0.25, 0.3) is 5.91 Å². The van der Waals surface area contributed by atoms with Crippen LogP contribution in [0.1, 0.15) is 55.9 Å². The molecule has 3 heterocycles. The normalized spacial score (nSPS) is 12.5. The molecule has 1 amide bonds. The zero-order valence-electron chi connectivity index (χ0n) is 18.5. The molecule has 33 heavy (non-hydrogen) atoms. The minimum atomic E-state index is -0.466. The minimum Gasteiger partial charge on any atom is -0.465 e. The number of ether oxygens (including phenoxy) is 1. The van der Waals surface area contributed by atoms with Gasteiger partial charge in [-0.15, -0.1) is 22.7 Å². The van der Waals surface area contributed by atoms with Gasteiger partial charge in [0.1, 0.15) is 20.3 Å². The molecule has 0 fully saturated rings. The first kappa shape index (κ1) is 21.6. The van der Waals surface area contributed by atoms with Gasteiger partial charge >= 0.3 is 5.97 Å². The van der Waals surface area contributed by atoms with Crippen molar-refractivity contribution in [2.45, 2.75) is 32.6 Å². The number of hydrogen-bond donors (Lipinski definition) is 2. The topological polar surface area (TPSA) is 94.3 Å². The van der Waals surface area contributed by atoms with Gasteiger partial charge in [-0.3, -0.25) is 4.79 Å². The summed E-state index contributed by atoms with van der Waals surface area (Å²) in [5, 5.41) is 4.20. The average Bonchev–Trinajstić information content (AvgIpc) is 3.35. The summed E-state index contributed by atoms with van der Waals surface area (Å²) in [4.78, 5) is 33.0. The summed E-state index contributed by atoms with van der Waals surface area (Å²) in [5.74, 6) is -0.538. The van der Waals surface area contributed by atoms with E-state index in [1.165, 1.54) is 35.3 Å². The number of nitrogens with zero attached hydrogens (tertiary/aromatic N) is 1. The fourth-order valence-corrected chi connectivity index (χ4v) is 6.41. The Morgan fingerprint density at radius 2 is 1.91 bits per heavy atom. The first-order chi connectivity index (χ1) is 15.9. The Labute approximate surface area is 199 Å². The van der Waals surface area contributed by atoms with Crippen LogP contribution >= 0.6 is 22.7 Å². The zero-order valence-corrected chi connectivity index (χ0v) is 20.2. The van der Waals surface area contributed by atoms with Crippen LogP contribution in [-0.4, -0.2) is 24.0 Å². The van der Waals surface area contributed by atoms with Crippen molar-refractivity contribution < 1.29 is 14.3 Å². The Bertz CT molecular complexity index is 1420. The Hall–Kier alpha value is -3.23. The molecule has 5 rings (SSSR count). The Balaban J connectivity index is 1.57. The predicted molar refractivity (Wildman–Crippen MR) is 135 cm³/mol. The van der Waals surface area contributed by atoms with Crippen LogP contribution in [0.25, 0.3) is 21.3 Å². The SMILES string of the molecule is COC(=O)c1c(NC(=O)c2sc3nc(C(C)C)ccc3c2N)sc2c1-c1ccccc1CC2. The molecule has 0 aliphatic heterocycles. The van der Waals surface area contributed by atoms with E-state index in [9.17, 15) is 9.59 Å². The number of rotatable bonds is 4. The molecule has 0 saturated heterocycles. The molecule has 1 aromatic carbocycles. The smallest absolute Gasteiger partial charge is 0.341 e. The number of fused-ring (bicyclic) bond motifs is 4. The lowest BCUT2D eigenvalue weighted by molar-refractivity contribution is 0.0603. The molecule has 8 heteroatoms. The second kappa shape index (κ2) is 8.28. The fourth-order valence-electron chi connectivity index (χ4n) is 4.22. The molecule has 0 radical (unpaired) electrons. The third-order valence-electron chi connectivity index (χ3n) is 5.92. The second-order valence-corrected chi connectivity index (χ2v) is 10.4. The highest BCUT2D eigenvalue weighted by molar-refractivity contribution is 7.21. The van der Waals surface area contributed by atoms with Crippen molar-refractivity contribution in [1.82, 2.24) is 4.98 Å². The second-order valence-electron chi connectivity index (χ2n) is 8.30. The summed E-state index contributed by atoms with van der Waals surface area (Å²) in [6, 6.07) is 11.9. The van der Waals surface area contributed by atoms with Crippen LogP contribution in [0, 0.1) is 0 Å². The number of benzene rings is 1. The van der Waals surface area contributed by atoms with Crippen molar-refractivity contribution in [3.05, 3.63) is 63.0 Å². The van der Waals surface area contributed by atoms with E-state index in [2.05, 4.69) is 30.2 Å². The van der Waals surface area contributed by atoms with E-state index >= 15 is 0 Å². The fraction of sp³-hybridized carbons (Fsp3) is 0.240. The summed E-state index contributed by atoms with van der Waals surface area (Å²) >= 11 is 2.69. The number of carbonyl (C=O) groups is 2. The molecular weight excluding hydrogens is 454 g/mol. The van der Waals surface area contributed by atoms with Gasteiger partial charge in [-0.25, -0.2) is 9.78 Å². The lowest BCUT2D eigenvalue weighted by atomic mass is 9.88. The molecule has 6 nitrogen and oxygen atoms in total. The number of esters is 1. The number of anilines is 2. The van der Waals surface area contributed by atoms with E-state index in [0.717, 1.165) is 44.8 Å². The summed E-state index contributed by atoms with van der Waals surface area (Å²) in [6.45, 7) is 4.15. The lowest BCUT2D eigenvalue weighted by Gasteiger charge is -2.17. The standard InChI is InChI=1S/C25H23N3O3S2/c1-12(2)16-10-9-15-20(26)21(33-23(15)27-16)22(29)28-24-19(25(30)31-3)18-14-7-5-4-6-13(14)8-11-17(18)32-24/h4-7,9-10,12H,8,11,26H2,1-3H3,(H,28,29). The quantitative estimate of drug-likeness (QED) is 0.359. The molecule has 0 spiro atoms. The summed E-state index contributed by atoms with van der Waals surface area (Å²) in [6.07, 6.45) is 1.70. The number of amides is 1. The van der Waals surface area contributed by atoms with Crippen LogP contribution in [-0.2, 0) is 17.6 Å². The maximum Gasteiger partial charge on any atom is 0.341 e. The number of carbonyl (C=O) groups excluding carboxylic acids is 2. The molecule has 0 atom stereocenters. The van der Waals surface area contributed by atoms with Gasteiger partial charge in [-0.05, 0) is 42.0 Å². The molecule has 1 aliphatic rings. The minimum absolute atomic E-state index is 0.276. The highest BCUT2D eigenvalue weighted by Gasteiger charge is 2.30. The van der Waals surface area contributed by atoms with Crippen molar-refractivity contribution in [1.29, 1.82) is 0 Å². The predicted octanol–water partition coefficient (Wildman–Crippen LogP) is 5.87. The number of hydrogen-bond acceptors (Lipinski definition) is 7. The van der Waals surface area contributed by atoms with Gasteiger partial charge in [-0.2, -0.15) is 0 Å². The van der Waals surface area contributed by atoms with E-state index in [-0.39, 0.29) is 11.8 Å². The number of nitrogens with one attached hydrogen (secondary N) is 1. The van der Waals surface area contributed by atoms with Crippen LogP contribution in [0.5, 0.6) is 0 Å². The van der Waals surface area contributed by atoms with Gasteiger partial charge in [0, 0.05) is 21.5 Å². The molecule has 3 aromatic heterocycles. The molecule has 3 N–H and O–H groups in total. The van der Waals surface area contributed by atoms with Crippen molar-refractivity contribution in [3.8, 4) is 11.1 Å². The first-order valence-corrected chi connectivity index (χ1v) is 12.3. The van der Waals surface area contributed by atoms with Crippen LogP contribution in [0.15, 0.2) is 36.4 Å². The number of thiophene rings is 2. The van der Waals surface area contributed by atoms with E-state index in [1.54, 1.807) is 0 Å². The van der Waals surface area contributed by atoms with Gasteiger partial charge in [0.2, 0.25) is 0 Å². The van der Waals surface area contributed by atoms with Crippen LogP contribution in [0.4, 0.5) is 10.7 Å². The van der Waals surface area contributed by atoms with Crippen molar-refractivity contribution in [2.24, 2.45) is 0 Å². The highest BCUT2D eigenvalue weighted by Crippen LogP contribution is 2.46. The highest BCUT2D eigenvalue weighted by atomic mass is 32.1. The number of nitrogen functional groups attached to an aromatic ring is 1. The molecule has 0 bridgehead atoms. The van der Waals surface area contributed by atoms with Gasteiger partial charge in [-0.1, -0.05) is 38.1 Å². The molecule has 0 saturated carbocycles. The maximum atomic E-state index is 13.3. The summed E-state index contributed by atoms with van der Waals surface area (Å²) in [7, 11) is 1.36. The Kier molecular flexibility index (Phi) is 5.42. The molecule has 4 aromatic rings. The monoisotopic (exact) mass is 477 g/mol. The molecule has 1 aliphatic carbocycles. The van der Waals surface area contributed by atoms with Crippen LogP contribution in [0.2, 0.25) is 0 Å². The van der Waals surface area contributed by atoms with Gasteiger partial charge in [0.15, 0.2) is 0 Å². The van der Waals surface area contributed by atoms with E-state index < -0.39 is 5.97 Å². The number of methoxy groups -OCH3 is 1. The van der Waals surface area contributed by atoms with Crippen LogP contribution in [0.3, 0.4) is 0 Å². The summed E-state index contributed by atoms with van der Waals surface area (Å²) in [5.41, 5.74) is 11.1. The molecule has 0 unspecified atom stereocenters. The van der Waals surface area contributed by atoms with Crippen molar-refractivity contribution >= 4 is 55.5 Å². The van der Waals surface area contributed by atoms with Crippen molar-refractivity contribution in [3.63, 3.8) is 0 Å². The number of aromatic nitrogens is 1. The van der Waals surface area contributed by atoms with E-state index in [0.29, 0.717) is 21.1 Å². The molecule has 168 valence electrons. The van der Waals surface area contributed by atoms with Gasteiger partial charge in [0.05, 0.1) is 12.8 Å². The van der Waals surface area contributed by atoms with E-state index in [4.69, 9.17) is 10.5 Å². The first-order valence-electron chi connectivity index (χ1n) is 10.7. The average molecular weight is 478 g/mol. The van der Waals surface area contributed by atoms with Gasteiger partial charge < -0.3 is 15.8 Å². The van der Waals surface area contributed by atoms with Crippen LogP contribution < -0.4 is 11.1 Å². The maximum absolute atomic E-state index is 13.3. The number of pyridine rings is 1. The Morgan fingerprint density at radius 3 is 2.67 bits per heavy atom. The lowest BCUT2D eigenvalue weighted by Crippen LogP contribution is -2.14. The largest absolute Gasteiger partial charge is 0.465 e. The van der Waals surface area contributed by atoms with Crippen molar-refractivity contribution in [2.75, 3.05) is 18.2 Å².